The molecule has 0 bridgehead atoms. The van der Waals surface area contributed by atoms with E-state index in [1.54, 1.807) is 11.9 Å². The zero-order chi connectivity index (χ0) is 12.1. The van der Waals surface area contributed by atoms with Crippen LogP contribution in [0.4, 0.5) is 0 Å². The third-order valence-electron chi connectivity index (χ3n) is 2.34. The Hall–Kier alpha value is -0.870. The molecule has 1 aromatic carbocycles. The molecular formula is C12H16BrNO2. The normalized spacial score (nSPS) is 10.2. The van der Waals surface area contributed by atoms with Gasteiger partial charge >= 0.3 is 0 Å². The lowest BCUT2D eigenvalue weighted by Gasteiger charge is -2.17. The van der Waals surface area contributed by atoms with Crippen LogP contribution in [-0.4, -0.2) is 31.6 Å². The second-order valence-corrected chi connectivity index (χ2v) is 4.62. The molecule has 0 heterocycles. The number of hydrogen-bond donors (Lipinski definition) is 0. The standard InChI is InChI=1S/C12H16BrNO2/c1-9-6-10(4-5-11(9)13)7-14(2)12(15)8-16-3/h4-6H,7-8H2,1-3H3. The maximum atomic E-state index is 11.5. The highest BCUT2D eigenvalue weighted by Gasteiger charge is 2.08. The van der Waals surface area contributed by atoms with Crippen molar-refractivity contribution in [3.05, 3.63) is 33.8 Å². The lowest BCUT2D eigenvalue weighted by Crippen LogP contribution is -2.29. The van der Waals surface area contributed by atoms with Crippen molar-refractivity contribution in [1.29, 1.82) is 0 Å². The van der Waals surface area contributed by atoms with Gasteiger partial charge in [-0.2, -0.15) is 0 Å². The molecule has 0 aliphatic heterocycles. The Labute approximate surface area is 105 Å². The van der Waals surface area contributed by atoms with E-state index in [-0.39, 0.29) is 12.5 Å². The van der Waals surface area contributed by atoms with Gasteiger partial charge in [-0.3, -0.25) is 4.79 Å². The van der Waals surface area contributed by atoms with Gasteiger partial charge in [0.05, 0.1) is 0 Å². The van der Waals surface area contributed by atoms with Crippen molar-refractivity contribution in [2.75, 3.05) is 20.8 Å². The average Bonchev–Trinajstić information content (AvgIpc) is 2.24. The lowest BCUT2D eigenvalue weighted by atomic mass is 10.1. The van der Waals surface area contributed by atoms with Gasteiger partial charge < -0.3 is 9.64 Å². The number of benzene rings is 1. The largest absolute Gasteiger partial charge is 0.375 e. The van der Waals surface area contributed by atoms with Gasteiger partial charge in [0.1, 0.15) is 6.61 Å². The van der Waals surface area contributed by atoms with E-state index in [1.165, 1.54) is 12.7 Å². The third kappa shape index (κ3) is 3.61. The van der Waals surface area contributed by atoms with Gasteiger partial charge in [-0.05, 0) is 24.1 Å². The first-order valence-electron chi connectivity index (χ1n) is 5.02. The molecule has 16 heavy (non-hydrogen) atoms. The molecule has 0 atom stereocenters. The number of ether oxygens (including phenoxy) is 1. The second-order valence-electron chi connectivity index (χ2n) is 3.77. The van der Waals surface area contributed by atoms with Crippen molar-refractivity contribution < 1.29 is 9.53 Å². The predicted molar refractivity (Wildman–Crippen MR) is 67.2 cm³/mol. The van der Waals surface area contributed by atoms with Gasteiger partial charge in [0.25, 0.3) is 0 Å². The fourth-order valence-corrected chi connectivity index (χ4v) is 1.65. The number of aryl methyl sites for hydroxylation is 1. The first kappa shape index (κ1) is 13.2. The molecule has 1 amide bonds. The Kier molecular flexibility index (Phi) is 4.96. The predicted octanol–water partition coefficient (Wildman–Crippen LogP) is 2.36. The summed E-state index contributed by atoms with van der Waals surface area (Å²) in [7, 11) is 3.30. The van der Waals surface area contributed by atoms with Crippen LogP contribution in [0.1, 0.15) is 11.1 Å². The number of halogens is 1. The van der Waals surface area contributed by atoms with Crippen molar-refractivity contribution in [2.24, 2.45) is 0 Å². The minimum atomic E-state index is -0.0110. The number of likely N-dealkylation sites (N-methyl/N-ethyl adjacent to an activating group) is 1. The average molecular weight is 286 g/mol. The zero-order valence-corrected chi connectivity index (χ0v) is 11.4. The first-order valence-corrected chi connectivity index (χ1v) is 5.82. The third-order valence-corrected chi connectivity index (χ3v) is 3.23. The Morgan fingerprint density at radius 1 is 1.50 bits per heavy atom. The van der Waals surface area contributed by atoms with E-state index in [9.17, 15) is 4.79 Å². The molecule has 1 rings (SSSR count). The molecule has 4 heteroatoms. The summed E-state index contributed by atoms with van der Waals surface area (Å²) in [6.45, 7) is 2.77. The van der Waals surface area contributed by atoms with E-state index >= 15 is 0 Å². The summed E-state index contributed by atoms with van der Waals surface area (Å²) in [6, 6.07) is 6.08. The molecule has 0 unspecified atom stereocenters. The molecular weight excluding hydrogens is 270 g/mol. The van der Waals surface area contributed by atoms with Crippen LogP contribution < -0.4 is 0 Å². The summed E-state index contributed by atoms with van der Waals surface area (Å²) in [6.07, 6.45) is 0. The van der Waals surface area contributed by atoms with E-state index in [0.29, 0.717) is 6.54 Å². The van der Waals surface area contributed by atoms with Gasteiger partial charge in [-0.15, -0.1) is 0 Å². The van der Waals surface area contributed by atoms with Crippen LogP contribution >= 0.6 is 15.9 Å². The van der Waals surface area contributed by atoms with E-state index < -0.39 is 0 Å². The Bertz CT molecular complexity index is 379. The molecule has 0 N–H and O–H groups in total. The Morgan fingerprint density at radius 2 is 2.19 bits per heavy atom. The topological polar surface area (TPSA) is 29.5 Å². The number of carbonyl (C=O) groups excluding carboxylic acids is 1. The number of hydrogen-bond acceptors (Lipinski definition) is 2. The molecule has 3 nitrogen and oxygen atoms in total. The van der Waals surface area contributed by atoms with Crippen molar-refractivity contribution in [2.45, 2.75) is 13.5 Å². The van der Waals surface area contributed by atoms with Gasteiger partial charge in [-0.25, -0.2) is 0 Å². The number of methoxy groups -OCH3 is 1. The van der Waals surface area contributed by atoms with Crippen molar-refractivity contribution in [3.63, 3.8) is 0 Å². The van der Waals surface area contributed by atoms with Gasteiger partial charge in [0, 0.05) is 25.2 Å². The highest BCUT2D eigenvalue weighted by molar-refractivity contribution is 9.10. The molecule has 1 aromatic rings. The summed E-state index contributed by atoms with van der Waals surface area (Å²) < 4.78 is 5.89. The number of rotatable bonds is 4. The van der Waals surface area contributed by atoms with Crippen molar-refractivity contribution >= 4 is 21.8 Å². The highest BCUT2D eigenvalue weighted by atomic mass is 79.9. The first-order chi connectivity index (χ1) is 7.54. The lowest BCUT2D eigenvalue weighted by molar-refractivity contribution is -0.134. The summed E-state index contributed by atoms with van der Waals surface area (Å²) >= 11 is 3.45. The van der Waals surface area contributed by atoms with Crippen LogP contribution in [0.25, 0.3) is 0 Å². The van der Waals surface area contributed by atoms with Gasteiger partial charge in [0.15, 0.2) is 0 Å². The summed E-state index contributed by atoms with van der Waals surface area (Å²) in [5, 5.41) is 0. The minimum Gasteiger partial charge on any atom is -0.375 e. The molecule has 0 aliphatic rings. The molecule has 0 spiro atoms. The molecule has 0 fully saturated rings. The molecule has 0 saturated heterocycles. The molecule has 0 aliphatic carbocycles. The Balaban J connectivity index is 2.66. The van der Waals surface area contributed by atoms with Crippen LogP contribution in [0, 0.1) is 6.92 Å². The van der Waals surface area contributed by atoms with E-state index in [1.807, 2.05) is 19.1 Å². The minimum absolute atomic E-state index is 0.0110. The van der Waals surface area contributed by atoms with Crippen LogP contribution in [0.15, 0.2) is 22.7 Å². The van der Waals surface area contributed by atoms with Crippen molar-refractivity contribution in [1.82, 2.24) is 4.90 Å². The van der Waals surface area contributed by atoms with Crippen LogP contribution in [-0.2, 0) is 16.1 Å². The fourth-order valence-electron chi connectivity index (χ4n) is 1.40. The second kappa shape index (κ2) is 6.01. The van der Waals surface area contributed by atoms with E-state index in [0.717, 1.165) is 10.0 Å². The van der Waals surface area contributed by atoms with E-state index in [2.05, 4.69) is 22.0 Å². The van der Waals surface area contributed by atoms with Gasteiger partial charge in [-0.1, -0.05) is 28.1 Å². The molecule has 0 aromatic heterocycles. The number of carbonyl (C=O) groups is 1. The Morgan fingerprint density at radius 3 is 2.75 bits per heavy atom. The number of nitrogens with zero attached hydrogens (tertiary/aromatic N) is 1. The monoisotopic (exact) mass is 285 g/mol. The van der Waals surface area contributed by atoms with E-state index in [4.69, 9.17) is 4.74 Å². The van der Waals surface area contributed by atoms with Crippen molar-refractivity contribution in [3.8, 4) is 0 Å². The van der Waals surface area contributed by atoms with Crippen LogP contribution in [0.2, 0.25) is 0 Å². The fraction of sp³-hybridized carbons (Fsp3) is 0.417. The molecule has 0 saturated carbocycles. The summed E-state index contributed by atoms with van der Waals surface area (Å²) in [5.41, 5.74) is 2.29. The maximum Gasteiger partial charge on any atom is 0.248 e. The van der Waals surface area contributed by atoms with Crippen LogP contribution in [0.3, 0.4) is 0 Å². The summed E-state index contributed by atoms with van der Waals surface area (Å²) in [4.78, 5) is 13.1. The van der Waals surface area contributed by atoms with Gasteiger partial charge in [0.2, 0.25) is 5.91 Å². The zero-order valence-electron chi connectivity index (χ0n) is 9.79. The maximum absolute atomic E-state index is 11.5. The summed E-state index contributed by atoms with van der Waals surface area (Å²) in [5.74, 6) is -0.0110. The molecule has 88 valence electrons. The SMILES string of the molecule is COCC(=O)N(C)Cc1ccc(Br)c(C)c1. The number of amides is 1. The molecule has 0 radical (unpaired) electrons. The quantitative estimate of drug-likeness (QED) is 0.850. The smallest absolute Gasteiger partial charge is 0.248 e. The highest BCUT2D eigenvalue weighted by Crippen LogP contribution is 2.17. The van der Waals surface area contributed by atoms with Crippen LogP contribution in [0.5, 0.6) is 0 Å².